The minimum Gasteiger partial charge on any atom is -0.493 e. The third-order valence-corrected chi connectivity index (χ3v) is 7.44. The molecule has 1 unspecified atom stereocenters. The number of ether oxygens (including phenoxy) is 2. The van der Waals surface area contributed by atoms with E-state index in [1.54, 1.807) is 13.8 Å². The number of nitrogens with zero attached hydrogens (tertiary/aromatic N) is 2. The second-order valence-electron chi connectivity index (χ2n) is 8.85. The molecule has 1 aromatic rings. The van der Waals surface area contributed by atoms with Gasteiger partial charge in [-0.25, -0.2) is 0 Å². The molecule has 1 saturated heterocycles. The molecule has 0 aromatic heterocycles. The number of amides is 1. The van der Waals surface area contributed by atoms with Crippen molar-refractivity contribution in [1.29, 1.82) is 5.41 Å². The summed E-state index contributed by atoms with van der Waals surface area (Å²) in [5.41, 5.74) is 2.70. The maximum atomic E-state index is 12.9. The van der Waals surface area contributed by atoms with Crippen LogP contribution in [0.4, 0.5) is 0 Å². The number of allylic oxidation sites excluding steroid dienone is 1. The Hall–Kier alpha value is -2.85. The first-order chi connectivity index (χ1) is 18.1. The van der Waals surface area contributed by atoms with Crippen LogP contribution in [0.3, 0.4) is 0 Å². The SMILES string of the molecule is C=C(NC(=O)/C(C)=C(\C)C(=N)CCC)c1cc(P(C)ON2CC(OCCCO[N+](=O)[O-])C2)ccc1OCC. The van der Waals surface area contributed by atoms with Crippen LogP contribution in [0.1, 0.15) is 52.5 Å². The quantitative estimate of drug-likeness (QED) is 0.0735. The van der Waals surface area contributed by atoms with E-state index >= 15 is 0 Å². The lowest BCUT2D eigenvalue weighted by atomic mass is 10.0. The molecular weight excluding hydrogens is 511 g/mol. The number of hydrogen-bond donors (Lipinski definition) is 2. The number of hydroxylamine groups is 2. The highest BCUT2D eigenvalue weighted by atomic mass is 31.1. The number of rotatable bonds is 17. The Morgan fingerprint density at radius 3 is 2.61 bits per heavy atom. The molecule has 0 saturated carbocycles. The second-order valence-corrected chi connectivity index (χ2v) is 10.5. The molecule has 12 heteroatoms. The van der Waals surface area contributed by atoms with Crippen LogP contribution >= 0.6 is 8.15 Å². The van der Waals surface area contributed by atoms with Crippen molar-refractivity contribution in [3.63, 3.8) is 0 Å². The van der Waals surface area contributed by atoms with Crippen molar-refractivity contribution in [3.05, 3.63) is 51.6 Å². The maximum Gasteiger partial charge on any atom is 0.294 e. The lowest BCUT2D eigenvalue weighted by Crippen LogP contribution is -2.51. The molecule has 1 amide bonds. The molecule has 1 aliphatic rings. The van der Waals surface area contributed by atoms with E-state index in [9.17, 15) is 14.9 Å². The normalized spacial score (nSPS) is 15.2. The Kier molecular flexibility index (Phi) is 12.8. The van der Waals surface area contributed by atoms with Crippen LogP contribution in [0.2, 0.25) is 0 Å². The first-order valence-electron chi connectivity index (χ1n) is 12.7. The number of benzene rings is 1. The summed E-state index contributed by atoms with van der Waals surface area (Å²) in [7, 11) is -1.00. The van der Waals surface area contributed by atoms with E-state index in [0.717, 1.165) is 11.7 Å². The molecule has 1 aromatic carbocycles. The van der Waals surface area contributed by atoms with Crippen molar-refractivity contribution in [1.82, 2.24) is 10.4 Å². The Morgan fingerprint density at radius 2 is 1.97 bits per heavy atom. The van der Waals surface area contributed by atoms with E-state index in [2.05, 4.69) is 16.7 Å². The molecular formula is C26H39N4O7P. The molecule has 38 heavy (non-hydrogen) atoms. The van der Waals surface area contributed by atoms with Gasteiger partial charge < -0.3 is 25.0 Å². The van der Waals surface area contributed by atoms with Gasteiger partial charge in [-0.3, -0.25) is 9.42 Å². The van der Waals surface area contributed by atoms with Crippen molar-refractivity contribution < 1.29 is 28.8 Å². The third kappa shape index (κ3) is 9.47. The van der Waals surface area contributed by atoms with E-state index in [-0.39, 0.29) is 18.6 Å². The zero-order valence-electron chi connectivity index (χ0n) is 22.9. The summed E-state index contributed by atoms with van der Waals surface area (Å²) in [6.45, 7) is 15.6. The van der Waals surface area contributed by atoms with Gasteiger partial charge in [-0.05, 0) is 64.0 Å². The molecule has 0 aliphatic carbocycles. The second kappa shape index (κ2) is 15.5. The predicted molar refractivity (Wildman–Crippen MR) is 148 cm³/mol. The van der Waals surface area contributed by atoms with E-state index in [0.29, 0.717) is 73.0 Å². The summed E-state index contributed by atoms with van der Waals surface area (Å²) in [6.07, 6.45) is 1.93. The first-order valence-corrected chi connectivity index (χ1v) is 14.4. The van der Waals surface area contributed by atoms with Crippen LogP contribution in [-0.2, 0) is 19.0 Å². The lowest BCUT2D eigenvalue weighted by molar-refractivity contribution is -0.757. The van der Waals surface area contributed by atoms with Crippen LogP contribution in [0.25, 0.3) is 5.70 Å². The topological polar surface area (TPSA) is 136 Å². The molecule has 1 heterocycles. The molecule has 0 bridgehead atoms. The summed E-state index contributed by atoms with van der Waals surface area (Å²) < 4.78 is 17.6. The fraction of sp³-hybridized carbons (Fsp3) is 0.538. The summed E-state index contributed by atoms with van der Waals surface area (Å²) in [6, 6.07) is 5.72. The van der Waals surface area contributed by atoms with Crippen LogP contribution in [0.5, 0.6) is 5.75 Å². The smallest absolute Gasteiger partial charge is 0.294 e. The number of carbonyl (C=O) groups excluding carboxylic acids is 1. The van der Waals surface area contributed by atoms with Crippen LogP contribution < -0.4 is 15.4 Å². The Balaban J connectivity index is 1.98. The fourth-order valence-corrected chi connectivity index (χ4v) is 4.77. The molecule has 1 atom stereocenters. The monoisotopic (exact) mass is 550 g/mol. The predicted octanol–water partition coefficient (Wildman–Crippen LogP) is 4.21. The third-order valence-electron chi connectivity index (χ3n) is 5.96. The summed E-state index contributed by atoms with van der Waals surface area (Å²) in [5, 5.41) is 23.1. The summed E-state index contributed by atoms with van der Waals surface area (Å²) >= 11 is 0. The maximum absolute atomic E-state index is 12.9. The largest absolute Gasteiger partial charge is 0.493 e. The average Bonchev–Trinajstić information content (AvgIpc) is 2.85. The van der Waals surface area contributed by atoms with E-state index in [1.807, 2.05) is 43.8 Å². The van der Waals surface area contributed by atoms with Gasteiger partial charge >= 0.3 is 0 Å². The first kappa shape index (κ1) is 31.4. The molecule has 2 N–H and O–H groups in total. The van der Waals surface area contributed by atoms with Gasteiger partial charge in [-0.15, -0.1) is 10.1 Å². The minimum absolute atomic E-state index is 0.0125. The Bertz CT molecular complexity index is 1040. The van der Waals surface area contributed by atoms with Gasteiger partial charge in [0.2, 0.25) is 0 Å². The van der Waals surface area contributed by atoms with Crippen molar-refractivity contribution in [2.24, 2.45) is 0 Å². The standard InChI is InChI=1S/C26H39N4O7P/c1-7-10-24(27)18(3)19(4)26(31)28-20(5)23-15-22(11-12-25(23)34-8-2)38(6)37-29-16-21(17-29)35-13-9-14-36-30(32)33/h11-12,15,21,27H,5,7-10,13-14,16-17H2,1-4,6H3,(H,28,31)/b19-18+,27-24?. The number of carbonyl (C=O) groups is 1. The van der Waals surface area contributed by atoms with Crippen LogP contribution in [-0.4, -0.2) is 67.4 Å². The van der Waals surface area contributed by atoms with Crippen molar-refractivity contribution in [2.75, 3.05) is 39.6 Å². The molecule has 1 fully saturated rings. The molecule has 0 radical (unpaired) electrons. The molecule has 0 spiro atoms. The Labute approximate surface area is 225 Å². The van der Waals surface area contributed by atoms with Gasteiger partial charge in [0.15, 0.2) is 0 Å². The van der Waals surface area contributed by atoms with Gasteiger partial charge in [0.05, 0.1) is 40.6 Å². The lowest BCUT2D eigenvalue weighted by Gasteiger charge is -2.39. The van der Waals surface area contributed by atoms with E-state index in [4.69, 9.17) is 19.5 Å². The van der Waals surface area contributed by atoms with E-state index in [1.165, 1.54) is 0 Å². The number of hydrogen-bond acceptors (Lipinski definition) is 9. The highest BCUT2D eigenvalue weighted by Gasteiger charge is 2.30. The molecule has 210 valence electrons. The van der Waals surface area contributed by atoms with Crippen molar-refractivity contribution in [2.45, 2.75) is 53.1 Å². The Morgan fingerprint density at radius 1 is 1.26 bits per heavy atom. The van der Waals surface area contributed by atoms with E-state index < -0.39 is 13.2 Å². The minimum atomic E-state index is -1.00. The fourth-order valence-electron chi connectivity index (χ4n) is 3.60. The highest BCUT2D eigenvalue weighted by Crippen LogP contribution is 2.37. The molecule has 11 nitrogen and oxygen atoms in total. The number of nitrogens with one attached hydrogen (secondary N) is 2. The van der Waals surface area contributed by atoms with Gasteiger partial charge in [0.25, 0.3) is 11.0 Å². The molecule has 2 rings (SSSR count). The zero-order valence-corrected chi connectivity index (χ0v) is 23.8. The van der Waals surface area contributed by atoms with Gasteiger partial charge in [0.1, 0.15) is 5.75 Å². The van der Waals surface area contributed by atoms with Crippen molar-refractivity contribution >= 4 is 30.8 Å². The highest BCUT2D eigenvalue weighted by molar-refractivity contribution is 7.60. The van der Waals surface area contributed by atoms with Crippen molar-refractivity contribution in [3.8, 4) is 5.75 Å². The van der Waals surface area contributed by atoms with Crippen LogP contribution in [0, 0.1) is 15.5 Å². The summed E-state index contributed by atoms with van der Waals surface area (Å²) in [4.78, 5) is 27.3. The average molecular weight is 551 g/mol. The summed E-state index contributed by atoms with van der Waals surface area (Å²) in [5.74, 6) is 0.313. The van der Waals surface area contributed by atoms with Gasteiger partial charge in [-0.1, -0.05) is 19.9 Å². The van der Waals surface area contributed by atoms with Gasteiger partial charge in [0, 0.05) is 34.5 Å². The zero-order chi connectivity index (χ0) is 28.2. The van der Waals surface area contributed by atoms with Crippen LogP contribution in [0.15, 0.2) is 35.9 Å². The molecule has 1 aliphatic heterocycles. The van der Waals surface area contributed by atoms with Gasteiger partial charge in [-0.2, -0.15) is 5.06 Å².